The van der Waals surface area contributed by atoms with Crippen molar-refractivity contribution in [2.24, 2.45) is 23.7 Å². The summed E-state index contributed by atoms with van der Waals surface area (Å²) >= 11 is 6.40. The number of carbonyl (C=O) groups is 4. The second-order valence-corrected chi connectivity index (χ2v) is 15.8. The number of allylic oxidation sites excluding steroid dienone is 2. The summed E-state index contributed by atoms with van der Waals surface area (Å²) in [5.41, 5.74) is 5.76. The van der Waals surface area contributed by atoms with Crippen molar-refractivity contribution in [3.8, 4) is 23.0 Å². The average molecular weight is 809 g/mol. The maximum atomic E-state index is 15.4. The van der Waals surface area contributed by atoms with E-state index in [1.54, 1.807) is 54.6 Å². The number of imide groups is 2. The second kappa shape index (κ2) is 13.7. The molecule has 6 aromatic rings. The van der Waals surface area contributed by atoms with Gasteiger partial charge in [0.1, 0.15) is 22.8 Å². The van der Waals surface area contributed by atoms with Crippen molar-refractivity contribution in [3.63, 3.8) is 0 Å². The molecule has 10 rings (SSSR count). The average Bonchev–Trinajstić information content (AvgIpc) is 3.86. The number of nitrogens with zero attached hydrogens (tertiary/aromatic N) is 3. The Balaban J connectivity index is 1.09. The third kappa shape index (κ3) is 5.50. The number of benzene rings is 5. The first kappa shape index (κ1) is 36.5. The van der Waals surface area contributed by atoms with E-state index in [1.807, 2.05) is 30.3 Å². The molecule has 13 heteroatoms. The molecule has 59 heavy (non-hydrogen) atoms. The van der Waals surface area contributed by atoms with Crippen LogP contribution in [0.1, 0.15) is 29.9 Å². The number of para-hydroxylation sites is 2. The first-order valence-corrected chi connectivity index (χ1v) is 19.5. The Bertz CT molecular complexity index is 2720. The van der Waals surface area contributed by atoms with E-state index in [0.29, 0.717) is 55.7 Å². The Labute approximate surface area is 341 Å². The number of ether oxygens (including phenoxy) is 1. The summed E-state index contributed by atoms with van der Waals surface area (Å²) in [7, 11) is 1.45. The van der Waals surface area contributed by atoms with Crippen molar-refractivity contribution in [1.82, 2.24) is 9.99 Å². The first-order chi connectivity index (χ1) is 28.6. The lowest BCUT2D eigenvalue weighted by atomic mass is 9.49. The van der Waals surface area contributed by atoms with Crippen LogP contribution in [-0.4, -0.2) is 45.8 Å². The molecule has 4 aliphatic rings. The van der Waals surface area contributed by atoms with E-state index in [1.165, 1.54) is 48.4 Å². The summed E-state index contributed by atoms with van der Waals surface area (Å²) < 4.78 is 25.8. The van der Waals surface area contributed by atoms with Gasteiger partial charge in [-0.05, 0) is 103 Å². The summed E-state index contributed by atoms with van der Waals surface area (Å²) in [4.78, 5) is 65.3. The Morgan fingerprint density at radius 3 is 2.36 bits per heavy atom. The molecular formula is C46H34ClFN4O7. The fourth-order valence-corrected chi connectivity index (χ4v) is 10.1. The van der Waals surface area contributed by atoms with Gasteiger partial charge in [0.25, 0.3) is 11.8 Å². The number of aromatic hydroxyl groups is 1. The number of oxazole rings is 1. The van der Waals surface area contributed by atoms with Crippen molar-refractivity contribution < 1.29 is 37.8 Å². The zero-order valence-electron chi connectivity index (χ0n) is 31.3. The molecule has 3 fully saturated rings. The van der Waals surface area contributed by atoms with Crippen LogP contribution in [0.2, 0.25) is 5.02 Å². The van der Waals surface area contributed by atoms with Crippen LogP contribution in [0.25, 0.3) is 22.6 Å². The molecule has 0 bridgehead atoms. The molecule has 5 aromatic carbocycles. The van der Waals surface area contributed by atoms with Gasteiger partial charge in [-0.1, -0.05) is 53.6 Å². The van der Waals surface area contributed by atoms with Crippen molar-refractivity contribution >= 4 is 57.7 Å². The third-order valence-corrected chi connectivity index (χ3v) is 12.7. The monoisotopic (exact) mass is 808 g/mol. The van der Waals surface area contributed by atoms with Crippen molar-refractivity contribution in [2.75, 3.05) is 17.4 Å². The number of amides is 4. The number of rotatable bonds is 7. The number of halogens is 2. The summed E-state index contributed by atoms with van der Waals surface area (Å²) in [6, 6.07) is 31.0. The van der Waals surface area contributed by atoms with Crippen molar-refractivity contribution in [2.45, 2.75) is 24.2 Å². The summed E-state index contributed by atoms with van der Waals surface area (Å²) in [6.45, 7) is 0. The largest absolute Gasteiger partial charge is 0.508 e. The third-order valence-electron chi connectivity index (χ3n) is 12.5. The number of hydrazine groups is 1. The highest BCUT2D eigenvalue weighted by Crippen LogP contribution is 2.65. The molecule has 2 aliphatic carbocycles. The fourth-order valence-electron chi connectivity index (χ4n) is 9.94. The topological polar surface area (TPSA) is 142 Å². The number of hydrogen-bond acceptors (Lipinski definition) is 9. The van der Waals surface area contributed by atoms with E-state index >= 15 is 4.79 Å². The minimum absolute atomic E-state index is 0.0578. The predicted octanol–water partition coefficient (Wildman–Crippen LogP) is 8.19. The number of hydrogen-bond donors (Lipinski definition) is 2. The number of anilines is 2. The van der Waals surface area contributed by atoms with Gasteiger partial charge in [0.2, 0.25) is 17.7 Å². The number of phenols is 1. The van der Waals surface area contributed by atoms with E-state index in [4.69, 9.17) is 20.8 Å². The van der Waals surface area contributed by atoms with E-state index in [-0.39, 0.29) is 30.2 Å². The summed E-state index contributed by atoms with van der Waals surface area (Å²) in [6.07, 6.45) is 2.20. The predicted molar refractivity (Wildman–Crippen MR) is 216 cm³/mol. The molecule has 294 valence electrons. The molecule has 11 nitrogen and oxygen atoms in total. The zero-order chi connectivity index (χ0) is 40.7. The quantitative estimate of drug-likeness (QED) is 0.121. The van der Waals surface area contributed by atoms with Gasteiger partial charge in [0.05, 0.1) is 41.7 Å². The van der Waals surface area contributed by atoms with Gasteiger partial charge in [-0.3, -0.25) is 29.5 Å². The molecule has 6 atom stereocenters. The smallest absolute Gasteiger partial charge is 0.260 e. The Kier molecular flexibility index (Phi) is 8.46. The molecule has 6 unspecified atom stereocenters. The van der Waals surface area contributed by atoms with Crippen LogP contribution in [-0.2, 0) is 24.6 Å². The van der Waals surface area contributed by atoms with Crippen LogP contribution < -0.4 is 15.1 Å². The highest BCUT2D eigenvalue weighted by atomic mass is 35.5. The van der Waals surface area contributed by atoms with Crippen LogP contribution in [0.4, 0.5) is 15.8 Å². The van der Waals surface area contributed by atoms with Gasteiger partial charge in [0.15, 0.2) is 5.58 Å². The van der Waals surface area contributed by atoms with Crippen molar-refractivity contribution in [3.05, 3.63) is 149 Å². The van der Waals surface area contributed by atoms with Gasteiger partial charge in [-0.15, -0.1) is 0 Å². The fraction of sp³-hybridized carbons (Fsp3) is 0.196. The highest BCUT2D eigenvalue weighted by molar-refractivity contribution is 6.30. The van der Waals surface area contributed by atoms with Crippen LogP contribution in [0.3, 0.4) is 0 Å². The minimum Gasteiger partial charge on any atom is -0.508 e. The van der Waals surface area contributed by atoms with E-state index in [2.05, 4.69) is 10.4 Å². The summed E-state index contributed by atoms with van der Waals surface area (Å²) in [5, 5.41) is 12.0. The second-order valence-electron chi connectivity index (χ2n) is 15.3. The molecule has 3 heterocycles. The molecule has 0 radical (unpaired) electrons. The Hall–Kier alpha value is -6.79. The van der Waals surface area contributed by atoms with Crippen LogP contribution in [0.5, 0.6) is 11.5 Å². The van der Waals surface area contributed by atoms with Crippen LogP contribution >= 0.6 is 11.6 Å². The van der Waals surface area contributed by atoms with Gasteiger partial charge < -0.3 is 14.3 Å². The van der Waals surface area contributed by atoms with Gasteiger partial charge in [-0.25, -0.2) is 9.37 Å². The molecule has 0 spiro atoms. The van der Waals surface area contributed by atoms with Gasteiger partial charge >= 0.3 is 0 Å². The lowest BCUT2D eigenvalue weighted by molar-refractivity contribution is -0.138. The molecule has 1 aromatic heterocycles. The maximum Gasteiger partial charge on any atom is 0.260 e. The number of carbonyl (C=O) groups excluding carboxylic acids is 4. The van der Waals surface area contributed by atoms with E-state index in [9.17, 15) is 23.9 Å². The maximum absolute atomic E-state index is 15.4. The molecule has 2 aliphatic heterocycles. The number of phenolic OH excluding ortho intramolecular Hbond substituents is 1. The molecule has 2 saturated heterocycles. The van der Waals surface area contributed by atoms with E-state index in [0.717, 1.165) is 5.01 Å². The van der Waals surface area contributed by atoms with Crippen LogP contribution in [0.15, 0.2) is 131 Å². The van der Waals surface area contributed by atoms with Crippen molar-refractivity contribution in [1.29, 1.82) is 0 Å². The minimum atomic E-state index is -1.61. The highest BCUT2D eigenvalue weighted by Gasteiger charge is 2.70. The molecule has 1 saturated carbocycles. The lowest BCUT2D eigenvalue weighted by Crippen LogP contribution is -2.53. The number of fused-ring (bicyclic) bond motifs is 5. The zero-order valence-corrected chi connectivity index (χ0v) is 32.1. The molecule has 2 N–H and O–H groups in total. The Morgan fingerprint density at radius 1 is 0.881 bits per heavy atom. The number of nitrogens with one attached hydrogen (secondary N) is 1. The van der Waals surface area contributed by atoms with E-state index < -0.39 is 58.5 Å². The van der Waals surface area contributed by atoms with Gasteiger partial charge in [-0.2, -0.15) is 5.01 Å². The number of methoxy groups -OCH3 is 1. The standard InChI is InChI=1S/C46H34ClFN4O7/c1-58-38-22-30(53)18-19-32(38)40-31-20-21-33-39(44(56)51(42(33)54)29-16-6-24(7-17-29)41-49-36-4-2-3-5-37(36)59-41)34(31)23-35-43(55)52(50-28-14-12-27(48)13-15-28)45(57)46(35,40)25-8-10-26(47)11-9-25/h2-20,22,33-35,39-40,50,53H,21,23H2,1H3. The summed E-state index contributed by atoms with van der Waals surface area (Å²) in [5.74, 6) is -5.97. The molecule has 4 amide bonds. The lowest BCUT2D eigenvalue weighted by Gasteiger charge is -2.50. The normalized spacial score (nSPS) is 24.9. The first-order valence-electron chi connectivity index (χ1n) is 19.2. The number of aromatic nitrogens is 1. The Morgan fingerprint density at radius 2 is 1.63 bits per heavy atom. The SMILES string of the molecule is COc1cc(O)ccc1C1C2=CCC3C(=O)N(c4ccc(-c5nc6ccccc6o5)cc4)C(=O)C3C2CC2C(=O)N(Nc3ccc(F)cc3)C(=O)C21c1ccc(Cl)cc1. The van der Waals surface area contributed by atoms with Gasteiger partial charge in [0, 0.05) is 28.1 Å². The van der Waals surface area contributed by atoms with Crippen LogP contribution in [0, 0.1) is 29.5 Å². The molecular weight excluding hydrogens is 775 g/mol.